The summed E-state index contributed by atoms with van der Waals surface area (Å²) in [6, 6.07) is 10.6. The summed E-state index contributed by atoms with van der Waals surface area (Å²) in [5, 5.41) is 0. The van der Waals surface area contributed by atoms with E-state index in [1.807, 2.05) is 6.08 Å². The molecule has 90 valence electrons. The first-order valence-corrected chi connectivity index (χ1v) is 6.72. The summed E-state index contributed by atoms with van der Waals surface area (Å²) in [7, 11) is 0. The standard InChI is InChI=1S/C16H20O/c1-2-16(14-10-6-5-7-11-14)15(17-16)12-8-3-4-9-13-15/h2,5-7,10-11H,1,3-4,8-9,12-13H2. The smallest absolute Gasteiger partial charge is 0.141 e. The maximum Gasteiger partial charge on any atom is 0.141 e. The second-order valence-corrected chi connectivity index (χ2v) is 5.32. The molecule has 1 aliphatic carbocycles. The molecule has 1 aromatic carbocycles. The van der Waals surface area contributed by atoms with Gasteiger partial charge in [0, 0.05) is 0 Å². The lowest BCUT2D eigenvalue weighted by atomic mass is 9.81. The minimum Gasteiger partial charge on any atom is -0.353 e. The van der Waals surface area contributed by atoms with Crippen LogP contribution in [0.25, 0.3) is 0 Å². The van der Waals surface area contributed by atoms with Crippen molar-refractivity contribution in [3.05, 3.63) is 48.6 Å². The molecule has 1 nitrogen and oxygen atoms in total. The average molecular weight is 228 g/mol. The molecular formula is C16H20O. The van der Waals surface area contributed by atoms with Crippen molar-refractivity contribution >= 4 is 0 Å². The highest BCUT2D eigenvalue weighted by Gasteiger charge is 2.67. The Morgan fingerprint density at radius 2 is 1.65 bits per heavy atom. The molecule has 1 aromatic rings. The normalized spacial score (nSPS) is 30.8. The maximum atomic E-state index is 6.23. The van der Waals surface area contributed by atoms with Crippen LogP contribution in [0, 0.1) is 0 Å². The van der Waals surface area contributed by atoms with E-state index in [-0.39, 0.29) is 11.2 Å². The average Bonchev–Trinajstić information content (AvgIpc) is 3.10. The summed E-state index contributed by atoms with van der Waals surface area (Å²) in [5.41, 5.74) is 1.14. The molecule has 0 N–H and O–H groups in total. The molecule has 17 heavy (non-hydrogen) atoms. The molecule has 1 atom stereocenters. The Balaban J connectivity index is 1.93. The molecule has 1 aliphatic heterocycles. The summed E-state index contributed by atoms with van der Waals surface area (Å²) >= 11 is 0. The first kappa shape index (κ1) is 11.0. The second-order valence-electron chi connectivity index (χ2n) is 5.32. The van der Waals surface area contributed by atoms with E-state index in [0.29, 0.717) is 0 Å². The quantitative estimate of drug-likeness (QED) is 0.546. The van der Waals surface area contributed by atoms with Gasteiger partial charge < -0.3 is 4.74 Å². The van der Waals surface area contributed by atoms with E-state index < -0.39 is 0 Å². The van der Waals surface area contributed by atoms with Crippen molar-refractivity contribution in [1.29, 1.82) is 0 Å². The third-order valence-electron chi connectivity index (χ3n) is 4.39. The summed E-state index contributed by atoms with van der Waals surface area (Å²) in [6.45, 7) is 4.03. The molecule has 0 amide bonds. The van der Waals surface area contributed by atoms with Crippen molar-refractivity contribution in [2.24, 2.45) is 0 Å². The minimum atomic E-state index is -0.196. The molecule has 3 rings (SSSR count). The number of epoxide rings is 1. The molecule has 2 fully saturated rings. The van der Waals surface area contributed by atoms with E-state index >= 15 is 0 Å². The fourth-order valence-electron chi connectivity index (χ4n) is 3.41. The molecular weight excluding hydrogens is 208 g/mol. The molecule has 0 bridgehead atoms. The van der Waals surface area contributed by atoms with Gasteiger partial charge in [0.2, 0.25) is 0 Å². The van der Waals surface area contributed by atoms with Gasteiger partial charge in [0.15, 0.2) is 0 Å². The topological polar surface area (TPSA) is 12.5 Å². The van der Waals surface area contributed by atoms with E-state index in [4.69, 9.17) is 4.74 Å². The number of benzene rings is 1. The van der Waals surface area contributed by atoms with Crippen LogP contribution in [-0.4, -0.2) is 5.60 Å². The Kier molecular flexibility index (Phi) is 2.59. The van der Waals surface area contributed by atoms with Gasteiger partial charge in [-0.25, -0.2) is 0 Å². The number of hydrogen-bond acceptors (Lipinski definition) is 1. The minimum absolute atomic E-state index is 0.0621. The largest absolute Gasteiger partial charge is 0.353 e. The lowest BCUT2D eigenvalue weighted by Crippen LogP contribution is -2.21. The van der Waals surface area contributed by atoms with E-state index in [0.717, 1.165) is 0 Å². The van der Waals surface area contributed by atoms with Crippen LogP contribution in [0.1, 0.15) is 44.1 Å². The fourth-order valence-corrected chi connectivity index (χ4v) is 3.41. The van der Waals surface area contributed by atoms with Gasteiger partial charge in [0.05, 0.1) is 0 Å². The summed E-state index contributed by atoms with van der Waals surface area (Å²) in [6.07, 6.45) is 9.70. The zero-order valence-corrected chi connectivity index (χ0v) is 10.3. The first-order chi connectivity index (χ1) is 8.33. The summed E-state index contributed by atoms with van der Waals surface area (Å²) in [4.78, 5) is 0. The molecule has 1 spiro atoms. The highest BCUT2D eigenvalue weighted by Crippen LogP contribution is 2.62. The van der Waals surface area contributed by atoms with Crippen molar-refractivity contribution in [3.8, 4) is 0 Å². The van der Waals surface area contributed by atoms with Crippen molar-refractivity contribution in [2.75, 3.05) is 0 Å². The van der Waals surface area contributed by atoms with Crippen LogP contribution in [0.4, 0.5) is 0 Å². The lowest BCUT2D eigenvalue weighted by Gasteiger charge is -2.15. The Morgan fingerprint density at radius 3 is 2.24 bits per heavy atom. The molecule has 1 heterocycles. The van der Waals surface area contributed by atoms with Crippen molar-refractivity contribution in [2.45, 2.75) is 49.7 Å². The predicted octanol–water partition coefficient (Wildman–Crippen LogP) is 4.19. The fraction of sp³-hybridized carbons (Fsp3) is 0.500. The Bertz CT molecular complexity index is 401. The zero-order valence-electron chi connectivity index (χ0n) is 10.3. The Morgan fingerprint density at radius 1 is 1.00 bits per heavy atom. The molecule has 1 saturated heterocycles. The van der Waals surface area contributed by atoms with Gasteiger partial charge >= 0.3 is 0 Å². The highest BCUT2D eigenvalue weighted by molar-refractivity contribution is 5.39. The molecule has 0 aromatic heterocycles. The molecule has 2 aliphatic rings. The van der Waals surface area contributed by atoms with Crippen LogP contribution in [0.3, 0.4) is 0 Å². The van der Waals surface area contributed by atoms with Gasteiger partial charge in [-0.15, -0.1) is 0 Å². The van der Waals surface area contributed by atoms with Crippen molar-refractivity contribution in [3.63, 3.8) is 0 Å². The SMILES string of the molecule is C=CC1(c2ccccc2)OC12CCCCCC2. The van der Waals surface area contributed by atoms with Gasteiger partial charge in [0.1, 0.15) is 11.2 Å². The first-order valence-electron chi connectivity index (χ1n) is 6.72. The van der Waals surface area contributed by atoms with Crippen LogP contribution < -0.4 is 0 Å². The van der Waals surface area contributed by atoms with Gasteiger partial charge in [0.25, 0.3) is 0 Å². The third kappa shape index (κ3) is 1.56. The van der Waals surface area contributed by atoms with Gasteiger partial charge in [-0.05, 0) is 18.4 Å². The maximum absolute atomic E-state index is 6.23. The van der Waals surface area contributed by atoms with E-state index in [1.54, 1.807) is 0 Å². The molecule has 0 radical (unpaired) electrons. The Hall–Kier alpha value is -1.08. The van der Waals surface area contributed by atoms with Crippen LogP contribution in [0.15, 0.2) is 43.0 Å². The zero-order chi connectivity index (χ0) is 11.8. The second kappa shape index (κ2) is 3.99. The Labute approximate surface area is 103 Å². The van der Waals surface area contributed by atoms with Crippen LogP contribution >= 0.6 is 0 Å². The van der Waals surface area contributed by atoms with Gasteiger partial charge in [-0.1, -0.05) is 68.7 Å². The summed E-state index contributed by atoms with van der Waals surface area (Å²) < 4.78 is 6.23. The van der Waals surface area contributed by atoms with Crippen LogP contribution in [0.2, 0.25) is 0 Å². The number of hydrogen-bond donors (Lipinski definition) is 0. The molecule has 1 unspecified atom stereocenters. The van der Waals surface area contributed by atoms with Crippen molar-refractivity contribution < 1.29 is 4.74 Å². The van der Waals surface area contributed by atoms with Gasteiger partial charge in [-0.3, -0.25) is 0 Å². The van der Waals surface area contributed by atoms with Crippen LogP contribution in [0.5, 0.6) is 0 Å². The lowest BCUT2D eigenvalue weighted by molar-refractivity contribution is 0.260. The van der Waals surface area contributed by atoms with E-state index in [2.05, 4.69) is 36.9 Å². The monoisotopic (exact) mass is 228 g/mol. The van der Waals surface area contributed by atoms with E-state index in [9.17, 15) is 0 Å². The van der Waals surface area contributed by atoms with E-state index in [1.165, 1.54) is 44.1 Å². The highest BCUT2D eigenvalue weighted by atomic mass is 16.6. The van der Waals surface area contributed by atoms with Gasteiger partial charge in [-0.2, -0.15) is 0 Å². The predicted molar refractivity (Wildman–Crippen MR) is 69.8 cm³/mol. The third-order valence-corrected chi connectivity index (χ3v) is 4.39. The number of rotatable bonds is 2. The molecule has 1 heteroatoms. The van der Waals surface area contributed by atoms with Crippen molar-refractivity contribution in [1.82, 2.24) is 0 Å². The summed E-state index contributed by atoms with van der Waals surface area (Å²) in [5.74, 6) is 0. The van der Waals surface area contributed by atoms with Crippen LogP contribution in [-0.2, 0) is 10.3 Å². The molecule has 1 saturated carbocycles. The number of ether oxygens (including phenoxy) is 1.